The van der Waals surface area contributed by atoms with E-state index in [-0.39, 0.29) is 5.91 Å². The van der Waals surface area contributed by atoms with E-state index >= 15 is 0 Å². The minimum absolute atomic E-state index is 0.262. The number of hydrogen-bond acceptors (Lipinski definition) is 5. The van der Waals surface area contributed by atoms with E-state index in [2.05, 4.69) is 36.1 Å². The van der Waals surface area contributed by atoms with Crippen molar-refractivity contribution in [3.63, 3.8) is 0 Å². The van der Waals surface area contributed by atoms with Crippen LogP contribution in [0, 0.1) is 6.92 Å². The SMILES string of the molecule is Cc1nc(Br)cc(NC2CCN(CC(N)=O)CC2)n1. The van der Waals surface area contributed by atoms with Crippen molar-refractivity contribution in [3.05, 3.63) is 16.5 Å². The summed E-state index contributed by atoms with van der Waals surface area (Å²) in [6.07, 6.45) is 1.96. The molecule has 0 aliphatic carbocycles. The molecule has 0 bridgehead atoms. The highest BCUT2D eigenvalue weighted by Gasteiger charge is 2.20. The summed E-state index contributed by atoms with van der Waals surface area (Å²) < 4.78 is 0.786. The molecule has 7 heteroatoms. The molecule has 1 aromatic heterocycles. The van der Waals surface area contributed by atoms with Crippen molar-refractivity contribution < 1.29 is 4.79 Å². The van der Waals surface area contributed by atoms with Gasteiger partial charge in [0.25, 0.3) is 0 Å². The summed E-state index contributed by atoms with van der Waals surface area (Å²) in [4.78, 5) is 21.5. The van der Waals surface area contributed by atoms with E-state index in [0.29, 0.717) is 12.6 Å². The van der Waals surface area contributed by atoms with Gasteiger partial charge in [0.1, 0.15) is 16.2 Å². The molecule has 1 fully saturated rings. The fourth-order valence-electron chi connectivity index (χ4n) is 2.27. The van der Waals surface area contributed by atoms with E-state index in [1.54, 1.807) is 0 Å². The van der Waals surface area contributed by atoms with Crippen molar-refractivity contribution in [3.8, 4) is 0 Å². The molecule has 1 amide bonds. The Hall–Kier alpha value is -1.21. The quantitative estimate of drug-likeness (QED) is 0.803. The number of rotatable bonds is 4. The maximum Gasteiger partial charge on any atom is 0.231 e. The normalized spacial score (nSPS) is 17.4. The fraction of sp³-hybridized carbons (Fsp3) is 0.583. The second-order valence-electron chi connectivity index (χ2n) is 4.78. The number of aromatic nitrogens is 2. The fourth-order valence-corrected chi connectivity index (χ4v) is 2.74. The number of hydrogen-bond donors (Lipinski definition) is 2. The predicted octanol–water partition coefficient (Wildman–Crippen LogP) is 0.909. The Morgan fingerprint density at radius 3 is 2.79 bits per heavy atom. The number of amides is 1. The van der Waals surface area contributed by atoms with E-state index in [4.69, 9.17) is 5.73 Å². The number of nitrogens with one attached hydrogen (secondary N) is 1. The van der Waals surface area contributed by atoms with Crippen molar-refractivity contribution in [2.45, 2.75) is 25.8 Å². The Labute approximate surface area is 120 Å². The van der Waals surface area contributed by atoms with Crippen LogP contribution in [0.3, 0.4) is 0 Å². The van der Waals surface area contributed by atoms with E-state index < -0.39 is 0 Å². The molecular formula is C12H18BrN5O. The van der Waals surface area contributed by atoms with E-state index in [9.17, 15) is 4.79 Å². The number of nitrogens with zero attached hydrogens (tertiary/aromatic N) is 3. The van der Waals surface area contributed by atoms with Gasteiger partial charge in [0.2, 0.25) is 5.91 Å². The lowest BCUT2D eigenvalue weighted by molar-refractivity contribution is -0.119. The molecule has 0 aromatic carbocycles. The molecule has 0 spiro atoms. The Morgan fingerprint density at radius 1 is 1.53 bits per heavy atom. The van der Waals surface area contributed by atoms with Crippen LogP contribution in [0.25, 0.3) is 0 Å². The van der Waals surface area contributed by atoms with Gasteiger partial charge in [-0.3, -0.25) is 9.69 Å². The first-order valence-corrected chi connectivity index (χ1v) is 7.10. The van der Waals surface area contributed by atoms with Crippen molar-refractivity contribution >= 4 is 27.7 Å². The number of aryl methyl sites for hydroxylation is 1. The average molecular weight is 328 g/mol. The number of halogens is 1. The van der Waals surface area contributed by atoms with Crippen LogP contribution >= 0.6 is 15.9 Å². The average Bonchev–Trinajstić information content (AvgIpc) is 2.29. The lowest BCUT2D eigenvalue weighted by atomic mass is 10.1. The topological polar surface area (TPSA) is 84.1 Å². The summed E-state index contributed by atoms with van der Waals surface area (Å²) in [7, 11) is 0. The van der Waals surface area contributed by atoms with Crippen molar-refractivity contribution in [1.29, 1.82) is 0 Å². The summed E-state index contributed by atoms with van der Waals surface area (Å²) in [5, 5.41) is 3.41. The number of carbonyl (C=O) groups excluding carboxylic acids is 1. The molecule has 0 saturated carbocycles. The molecule has 1 aliphatic heterocycles. The maximum absolute atomic E-state index is 10.9. The smallest absolute Gasteiger partial charge is 0.231 e. The van der Waals surface area contributed by atoms with Gasteiger partial charge in [-0.25, -0.2) is 9.97 Å². The molecule has 19 heavy (non-hydrogen) atoms. The van der Waals surface area contributed by atoms with Crippen molar-refractivity contribution in [2.24, 2.45) is 5.73 Å². The lowest BCUT2D eigenvalue weighted by Crippen LogP contribution is -2.43. The molecule has 3 N–H and O–H groups in total. The largest absolute Gasteiger partial charge is 0.369 e. The van der Waals surface area contributed by atoms with Crippen LogP contribution in [-0.4, -0.2) is 46.5 Å². The molecule has 6 nitrogen and oxygen atoms in total. The van der Waals surface area contributed by atoms with Crippen LogP contribution < -0.4 is 11.1 Å². The van der Waals surface area contributed by atoms with Gasteiger partial charge < -0.3 is 11.1 Å². The van der Waals surface area contributed by atoms with Gasteiger partial charge >= 0.3 is 0 Å². The molecule has 1 aromatic rings. The number of likely N-dealkylation sites (tertiary alicyclic amines) is 1. The highest BCUT2D eigenvalue weighted by molar-refractivity contribution is 9.10. The Bertz CT molecular complexity index is 439. The molecule has 1 saturated heterocycles. The van der Waals surface area contributed by atoms with Gasteiger partial charge in [-0.05, 0) is 35.7 Å². The monoisotopic (exact) mass is 327 g/mol. The maximum atomic E-state index is 10.9. The summed E-state index contributed by atoms with van der Waals surface area (Å²) in [6, 6.07) is 2.26. The van der Waals surface area contributed by atoms with Gasteiger partial charge in [-0.2, -0.15) is 0 Å². The van der Waals surface area contributed by atoms with Crippen LogP contribution in [0.1, 0.15) is 18.7 Å². The lowest BCUT2D eigenvalue weighted by Gasteiger charge is -2.31. The number of nitrogens with two attached hydrogens (primary N) is 1. The third-order valence-electron chi connectivity index (χ3n) is 3.13. The zero-order valence-corrected chi connectivity index (χ0v) is 12.5. The van der Waals surface area contributed by atoms with Gasteiger partial charge in [0.05, 0.1) is 6.54 Å². The third kappa shape index (κ3) is 4.43. The van der Waals surface area contributed by atoms with Gasteiger partial charge in [-0.15, -0.1) is 0 Å². The molecule has 2 heterocycles. The number of carbonyl (C=O) groups is 1. The summed E-state index contributed by atoms with van der Waals surface area (Å²) in [5.41, 5.74) is 5.20. The molecule has 104 valence electrons. The first-order chi connectivity index (χ1) is 9.02. The van der Waals surface area contributed by atoms with Gasteiger partial charge in [-0.1, -0.05) is 0 Å². The second-order valence-corrected chi connectivity index (χ2v) is 5.60. The highest BCUT2D eigenvalue weighted by atomic mass is 79.9. The summed E-state index contributed by atoms with van der Waals surface area (Å²) in [6.45, 7) is 3.98. The predicted molar refractivity (Wildman–Crippen MR) is 76.7 cm³/mol. The first-order valence-electron chi connectivity index (χ1n) is 6.31. The molecule has 0 radical (unpaired) electrons. The molecule has 0 unspecified atom stereocenters. The van der Waals surface area contributed by atoms with Crippen molar-refractivity contribution in [2.75, 3.05) is 25.0 Å². The first kappa shape index (κ1) is 14.2. The van der Waals surface area contributed by atoms with Crippen LogP contribution in [0.15, 0.2) is 10.7 Å². The standard InChI is InChI=1S/C12H18BrN5O/c1-8-15-10(13)6-12(16-8)17-9-2-4-18(5-3-9)7-11(14)19/h6,9H,2-5,7H2,1H3,(H2,14,19)(H,15,16,17). The Morgan fingerprint density at radius 2 is 2.21 bits per heavy atom. The second kappa shape index (κ2) is 6.29. The van der Waals surface area contributed by atoms with Crippen LogP contribution in [-0.2, 0) is 4.79 Å². The molecule has 0 atom stereocenters. The molecule has 1 aliphatic rings. The van der Waals surface area contributed by atoms with E-state index in [0.717, 1.165) is 42.2 Å². The highest BCUT2D eigenvalue weighted by Crippen LogP contribution is 2.17. The minimum atomic E-state index is -0.262. The molecular weight excluding hydrogens is 310 g/mol. The summed E-state index contributed by atoms with van der Waals surface area (Å²) >= 11 is 3.36. The minimum Gasteiger partial charge on any atom is -0.369 e. The Kier molecular flexibility index (Phi) is 4.71. The zero-order chi connectivity index (χ0) is 13.8. The van der Waals surface area contributed by atoms with Gasteiger partial charge in [0.15, 0.2) is 0 Å². The van der Waals surface area contributed by atoms with E-state index in [1.807, 2.05) is 13.0 Å². The summed E-state index contributed by atoms with van der Waals surface area (Å²) in [5.74, 6) is 1.32. The third-order valence-corrected chi connectivity index (χ3v) is 3.53. The Balaban J connectivity index is 1.86. The van der Waals surface area contributed by atoms with Crippen LogP contribution in [0.2, 0.25) is 0 Å². The van der Waals surface area contributed by atoms with Crippen molar-refractivity contribution in [1.82, 2.24) is 14.9 Å². The molecule has 2 rings (SSSR count). The number of primary amides is 1. The zero-order valence-electron chi connectivity index (χ0n) is 10.9. The number of piperidine rings is 1. The number of anilines is 1. The van der Waals surface area contributed by atoms with E-state index in [1.165, 1.54) is 0 Å². The van der Waals surface area contributed by atoms with Gasteiger partial charge in [0, 0.05) is 25.2 Å². The van der Waals surface area contributed by atoms with Crippen LogP contribution in [0.4, 0.5) is 5.82 Å². The van der Waals surface area contributed by atoms with Crippen LogP contribution in [0.5, 0.6) is 0 Å².